The zero-order chi connectivity index (χ0) is 17.7. The van der Waals surface area contributed by atoms with E-state index in [0.29, 0.717) is 19.6 Å². The Labute approximate surface area is 149 Å². The summed E-state index contributed by atoms with van der Waals surface area (Å²) < 4.78 is 5.73. The molecule has 2 saturated heterocycles. The number of ether oxygens (including phenoxy) is 1. The van der Waals surface area contributed by atoms with Crippen LogP contribution in [0.4, 0.5) is 4.79 Å². The molecule has 2 heterocycles. The fourth-order valence-electron chi connectivity index (χ4n) is 3.42. The largest absolute Gasteiger partial charge is 0.441 e. The first-order valence-electron chi connectivity index (χ1n) is 8.90. The SMILES string of the molecule is CCS[C@@H](C)C(=O)N1CCC2(CC1)CN(CCCN(C)C)C(=O)O2. The summed E-state index contributed by atoms with van der Waals surface area (Å²) in [5.41, 5.74) is -0.382. The summed E-state index contributed by atoms with van der Waals surface area (Å²) in [4.78, 5) is 30.4. The lowest BCUT2D eigenvalue weighted by Crippen LogP contribution is -2.50. The molecule has 6 nitrogen and oxygen atoms in total. The number of amides is 2. The lowest BCUT2D eigenvalue weighted by molar-refractivity contribution is -0.133. The Morgan fingerprint density at radius 2 is 2.04 bits per heavy atom. The molecule has 2 rings (SSSR count). The van der Waals surface area contributed by atoms with Crippen LogP contribution in [0.3, 0.4) is 0 Å². The number of piperidine rings is 1. The predicted octanol–water partition coefficient (Wildman–Crippen LogP) is 1.89. The Balaban J connectivity index is 1.82. The zero-order valence-corrected chi connectivity index (χ0v) is 16.2. The van der Waals surface area contributed by atoms with Gasteiger partial charge < -0.3 is 19.4 Å². The molecule has 2 amide bonds. The molecule has 138 valence electrons. The summed E-state index contributed by atoms with van der Waals surface area (Å²) in [5.74, 6) is 1.16. The third-order valence-electron chi connectivity index (χ3n) is 4.83. The van der Waals surface area contributed by atoms with Crippen LogP contribution in [0.25, 0.3) is 0 Å². The number of nitrogens with zero attached hydrogens (tertiary/aromatic N) is 3. The Morgan fingerprint density at radius 1 is 1.38 bits per heavy atom. The molecular formula is C17H31N3O3S. The van der Waals surface area contributed by atoms with Gasteiger partial charge in [-0.25, -0.2) is 4.79 Å². The lowest BCUT2D eigenvalue weighted by Gasteiger charge is -2.38. The van der Waals surface area contributed by atoms with E-state index in [0.717, 1.165) is 38.1 Å². The number of carbonyl (C=O) groups is 2. The molecule has 24 heavy (non-hydrogen) atoms. The molecule has 7 heteroatoms. The van der Waals surface area contributed by atoms with E-state index in [1.807, 2.05) is 30.8 Å². The molecule has 0 aromatic carbocycles. The van der Waals surface area contributed by atoms with Crippen LogP contribution in [0.5, 0.6) is 0 Å². The van der Waals surface area contributed by atoms with E-state index >= 15 is 0 Å². The number of hydrogen-bond donors (Lipinski definition) is 0. The fraction of sp³-hybridized carbons (Fsp3) is 0.882. The summed E-state index contributed by atoms with van der Waals surface area (Å²) in [7, 11) is 4.07. The normalized spacial score (nSPS) is 21.5. The average Bonchev–Trinajstić information content (AvgIpc) is 2.83. The van der Waals surface area contributed by atoms with E-state index in [1.165, 1.54) is 0 Å². The molecule has 0 N–H and O–H groups in total. The van der Waals surface area contributed by atoms with Crippen molar-refractivity contribution in [3.05, 3.63) is 0 Å². The summed E-state index contributed by atoms with van der Waals surface area (Å²) in [5, 5.41) is 0.0118. The van der Waals surface area contributed by atoms with E-state index in [4.69, 9.17) is 4.74 Å². The Morgan fingerprint density at radius 3 is 2.62 bits per heavy atom. The van der Waals surface area contributed by atoms with Gasteiger partial charge in [-0.05, 0) is 39.7 Å². The van der Waals surface area contributed by atoms with Gasteiger partial charge in [0.15, 0.2) is 0 Å². The first kappa shape index (κ1) is 19.4. The van der Waals surface area contributed by atoms with Gasteiger partial charge in [0.05, 0.1) is 11.8 Å². The van der Waals surface area contributed by atoms with Crippen LogP contribution in [-0.2, 0) is 9.53 Å². The smallest absolute Gasteiger partial charge is 0.410 e. The fourth-order valence-corrected chi connectivity index (χ4v) is 4.21. The third kappa shape index (κ3) is 4.79. The maximum atomic E-state index is 12.4. The lowest BCUT2D eigenvalue weighted by atomic mass is 9.91. The van der Waals surface area contributed by atoms with E-state index in [-0.39, 0.29) is 22.9 Å². The zero-order valence-electron chi connectivity index (χ0n) is 15.4. The molecule has 2 aliphatic rings. The van der Waals surface area contributed by atoms with Gasteiger partial charge in [0, 0.05) is 32.5 Å². The van der Waals surface area contributed by atoms with Crippen LogP contribution in [-0.4, -0.2) is 90.1 Å². The summed E-state index contributed by atoms with van der Waals surface area (Å²) in [6.07, 6.45) is 2.26. The van der Waals surface area contributed by atoms with Crippen LogP contribution in [0.2, 0.25) is 0 Å². The van der Waals surface area contributed by atoms with E-state index < -0.39 is 0 Å². The second kappa shape index (κ2) is 8.43. The monoisotopic (exact) mass is 357 g/mol. The highest BCUT2D eigenvalue weighted by atomic mass is 32.2. The van der Waals surface area contributed by atoms with Crippen LogP contribution in [0.15, 0.2) is 0 Å². The van der Waals surface area contributed by atoms with Crippen LogP contribution in [0, 0.1) is 0 Å². The minimum Gasteiger partial charge on any atom is -0.441 e. The molecule has 0 aromatic heterocycles. The van der Waals surface area contributed by atoms with E-state index in [2.05, 4.69) is 11.8 Å². The quantitative estimate of drug-likeness (QED) is 0.696. The number of likely N-dealkylation sites (tertiary alicyclic amines) is 1. The van der Waals surface area contributed by atoms with Crippen molar-refractivity contribution in [2.24, 2.45) is 0 Å². The van der Waals surface area contributed by atoms with Crippen LogP contribution >= 0.6 is 11.8 Å². The first-order valence-corrected chi connectivity index (χ1v) is 9.95. The highest BCUT2D eigenvalue weighted by Crippen LogP contribution is 2.33. The van der Waals surface area contributed by atoms with Gasteiger partial charge in [0.25, 0.3) is 0 Å². The van der Waals surface area contributed by atoms with Gasteiger partial charge in [-0.3, -0.25) is 4.79 Å². The number of carbonyl (C=O) groups excluding carboxylic acids is 2. The minimum absolute atomic E-state index is 0.0118. The highest BCUT2D eigenvalue weighted by Gasteiger charge is 2.47. The van der Waals surface area contributed by atoms with Crippen molar-refractivity contribution in [1.29, 1.82) is 0 Å². The Kier molecular flexibility index (Phi) is 6.80. The topological polar surface area (TPSA) is 53.1 Å². The molecule has 0 radical (unpaired) electrons. The number of thioether (sulfide) groups is 1. The highest BCUT2D eigenvalue weighted by molar-refractivity contribution is 8.00. The van der Waals surface area contributed by atoms with Gasteiger partial charge in [0.1, 0.15) is 5.60 Å². The van der Waals surface area contributed by atoms with Gasteiger partial charge in [-0.1, -0.05) is 6.92 Å². The van der Waals surface area contributed by atoms with Gasteiger partial charge in [0.2, 0.25) is 5.91 Å². The average molecular weight is 358 g/mol. The summed E-state index contributed by atoms with van der Waals surface area (Å²) >= 11 is 1.68. The van der Waals surface area contributed by atoms with E-state index in [9.17, 15) is 9.59 Å². The maximum absolute atomic E-state index is 12.4. The van der Waals surface area contributed by atoms with Gasteiger partial charge >= 0.3 is 6.09 Å². The predicted molar refractivity (Wildman–Crippen MR) is 97.4 cm³/mol. The Bertz CT molecular complexity index is 450. The molecule has 0 saturated carbocycles. The molecule has 2 fully saturated rings. The van der Waals surface area contributed by atoms with E-state index in [1.54, 1.807) is 11.8 Å². The second-order valence-corrected chi connectivity index (χ2v) is 8.67. The van der Waals surface area contributed by atoms with Crippen molar-refractivity contribution in [3.8, 4) is 0 Å². The number of rotatable bonds is 7. The molecule has 2 aliphatic heterocycles. The molecule has 1 atom stereocenters. The number of hydrogen-bond acceptors (Lipinski definition) is 5. The van der Waals surface area contributed by atoms with Crippen LogP contribution in [0.1, 0.15) is 33.1 Å². The van der Waals surface area contributed by atoms with Crippen molar-refractivity contribution in [1.82, 2.24) is 14.7 Å². The standard InChI is InChI=1S/C17H31N3O3S/c1-5-24-14(2)15(21)19-11-7-17(8-12-19)13-20(16(22)23-17)10-6-9-18(3)4/h14H,5-13H2,1-4H3/t14-/m0/s1. The molecule has 0 bridgehead atoms. The minimum atomic E-state index is -0.382. The second-order valence-electron chi connectivity index (χ2n) is 7.05. The van der Waals surface area contributed by atoms with Crippen molar-refractivity contribution < 1.29 is 14.3 Å². The summed E-state index contributed by atoms with van der Waals surface area (Å²) in [6, 6.07) is 0. The van der Waals surface area contributed by atoms with Crippen LogP contribution < -0.4 is 0 Å². The van der Waals surface area contributed by atoms with Crippen molar-refractivity contribution in [2.75, 3.05) is 52.6 Å². The van der Waals surface area contributed by atoms with Gasteiger partial charge in [-0.15, -0.1) is 11.8 Å². The molecule has 0 aromatic rings. The third-order valence-corrected chi connectivity index (χ3v) is 5.86. The Hall–Kier alpha value is -0.950. The molecule has 1 spiro atoms. The molecule has 0 unspecified atom stereocenters. The molecular weight excluding hydrogens is 326 g/mol. The maximum Gasteiger partial charge on any atom is 0.410 e. The van der Waals surface area contributed by atoms with Gasteiger partial charge in [-0.2, -0.15) is 0 Å². The van der Waals surface area contributed by atoms with Crippen molar-refractivity contribution >= 4 is 23.8 Å². The molecule has 0 aliphatic carbocycles. The van der Waals surface area contributed by atoms with Crippen molar-refractivity contribution in [3.63, 3.8) is 0 Å². The summed E-state index contributed by atoms with van der Waals surface area (Å²) in [6.45, 7) is 7.79. The first-order chi connectivity index (χ1) is 11.4. The van der Waals surface area contributed by atoms with Crippen molar-refractivity contribution in [2.45, 2.75) is 44.0 Å².